The van der Waals surface area contributed by atoms with Crippen molar-refractivity contribution >= 4 is 11.8 Å². The average molecular weight is 340 g/mol. The zero-order chi connectivity index (χ0) is 18.0. The molecule has 0 aliphatic carbocycles. The van der Waals surface area contributed by atoms with Crippen molar-refractivity contribution in [2.75, 3.05) is 14.2 Å². The minimum absolute atomic E-state index is 0.225. The van der Waals surface area contributed by atoms with Gasteiger partial charge in [0, 0.05) is 12.5 Å². The molecule has 0 saturated carbocycles. The lowest BCUT2D eigenvalue weighted by atomic mass is 10.1. The molecule has 0 spiro atoms. The lowest BCUT2D eigenvalue weighted by molar-refractivity contribution is -0.135. The Morgan fingerprint density at radius 2 is 1.84 bits per heavy atom. The van der Waals surface area contributed by atoms with Crippen molar-refractivity contribution in [1.29, 1.82) is 0 Å². The van der Waals surface area contributed by atoms with Gasteiger partial charge in [0.1, 0.15) is 11.5 Å². The summed E-state index contributed by atoms with van der Waals surface area (Å²) in [6, 6.07) is 13.1. The number of benzene rings is 2. The molecule has 1 aliphatic heterocycles. The van der Waals surface area contributed by atoms with Gasteiger partial charge in [-0.25, -0.2) is 0 Å². The van der Waals surface area contributed by atoms with Gasteiger partial charge in [-0.3, -0.25) is 4.79 Å². The first-order valence-corrected chi connectivity index (χ1v) is 7.87. The normalized spacial score (nSPS) is 16.2. The van der Waals surface area contributed by atoms with Crippen LogP contribution in [-0.2, 0) is 9.53 Å². The van der Waals surface area contributed by atoms with E-state index in [1.165, 1.54) is 11.9 Å². The van der Waals surface area contributed by atoms with E-state index in [-0.39, 0.29) is 5.91 Å². The SMILES string of the molecule is COc1ccc(OC)c(C2OC(c3ccc(C)cc3)=NN2C(C)=O)c1. The number of carbonyl (C=O) groups excluding carboxylic acids is 1. The van der Waals surface area contributed by atoms with Gasteiger partial charge in [0.15, 0.2) is 0 Å². The largest absolute Gasteiger partial charge is 0.497 e. The fourth-order valence-electron chi connectivity index (χ4n) is 2.61. The quantitative estimate of drug-likeness (QED) is 0.857. The van der Waals surface area contributed by atoms with Crippen molar-refractivity contribution < 1.29 is 19.0 Å². The molecule has 130 valence electrons. The molecule has 25 heavy (non-hydrogen) atoms. The van der Waals surface area contributed by atoms with Crippen LogP contribution in [0.15, 0.2) is 47.6 Å². The van der Waals surface area contributed by atoms with E-state index < -0.39 is 6.23 Å². The number of ether oxygens (including phenoxy) is 3. The average Bonchev–Trinajstić information content (AvgIpc) is 3.07. The Labute approximate surface area is 146 Å². The summed E-state index contributed by atoms with van der Waals surface area (Å²) >= 11 is 0. The molecule has 1 heterocycles. The number of carbonyl (C=O) groups is 1. The topological polar surface area (TPSA) is 60.4 Å². The molecule has 0 bridgehead atoms. The molecule has 6 nitrogen and oxygen atoms in total. The van der Waals surface area contributed by atoms with Crippen molar-refractivity contribution in [3.05, 3.63) is 59.2 Å². The first-order valence-electron chi connectivity index (χ1n) is 7.87. The summed E-state index contributed by atoms with van der Waals surface area (Å²) in [5, 5.41) is 5.67. The van der Waals surface area contributed by atoms with Crippen LogP contribution in [-0.4, -0.2) is 31.0 Å². The number of hydrogen-bond donors (Lipinski definition) is 0. The minimum atomic E-state index is -0.709. The molecule has 0 N–H and O–H groups in total. The zero-order valence-corrected chi connectivity index (χ0v) is 14.6. The van der Waals surface area contributed by atoms with Crippen LogP contribution in [0.25, 0.3) is 0 Å². The Morgan fingerprint density at radius 3 is 2.44 bits per heavy atom. The molecule has 0 aromatic heterocycles. The lowest BCUT2D eigenvalue weighted by Crippen LogP contribution is -2.25. The van der Waals surface area contributed by atoms with Crippen molar-refractivity contribution in [1.82, 2.24) is 5.01 Å². The fraction of sp³-hybridized carbons (Fsp3) is 0.263. The van der Waals surface area contributed by atoms with E-state index in [9.17, 15) is 4.79 Å². The van der Waals surface area contributed by atoms with E-state index in [1.807, 2.05) is 31.2 Å². The Bertz CT molecular complexity index is 815. The Balaban J connectivity index is 2.00. The Hall–Kier alpha value is -3.02. The highest BCUT2D eigenvalue weighted by molar-refractivity contribution is 5.96. The summed E-state index contributed by atoms with van der Waals surface area (Å²) in [6.45, 7) is 3.46. The van der Waals surface area contributed by atoms with Crippen LogP contribution < -0.4 is 9.47 Å². The monoisotopic (exact) mass is 340 g/mol. The van der Waals surface area contributed by atoms with E-state index in [2.05, 4.69) is 5.10 Å². The zero-order valence-electron chi connectivity index (χ0n) is 14.6. The predicted molar refractivity (Wildman–Crippen MR) is 93.6 cm³/mol. The van der Waals surface area contributed by atoms with Crippen LogP contribution >= 0.6 is 0 Å². The standard InChI is InChI=1S/C19H20N2O4/c1-12-5-7-14(8-6-12)18-20-21(13(2)22)19(25-18)16-11-15(23-3)9-10-17(16)24-4/h5-11,19H,1-4H3. The third-order valence-electron chi connectivity index (χ3n) is 3.97. The number of hydrogen-bond acceptors (Lipinski definition) is 5. The summed E-state index contributed by atoms with van der Waals surface area (Å²) in [5.74, 6) is 1.41. The molecule has 1 amide bonds. The predicted octanol–water partition coefficient (Wildman–Crippen LogP) is 3.25. The molecule has 2 aromatic carbocycles. The van der Waals surface area contributed by atoms with E-state index in [4.69, 9.17) is 14.2 Å². The molecule has 3 rings (SSSR count). The van der Waals surface area contributed by atoms with Gasteiger partial charge in [-0.05, 0) is 37.3 Å². The summed E-state index contributed by atoms with van der Waals surface area (Å²) in [7, 11) is 3.15. The van der Waals surface area contributed by atoms with Crippen LogP contribution in [0.4, 0.5) is 0 Å². The summed E-state index contributed by atoms with van der Waals surface area (Å²) in [4.78, 5) is 12.1. The maximum absolute atomic E-state index is 12.1. The summed E-state index contributed by atoms with van der Waals surface area (Å²) in [6.07, 6.45) is -0.709. The molecule has 0 radical (unpaired) electrons. The number of rotatable bonds is 4. The van der Waals surface area contributed by atoms with Crippen molar-refractivity contribution in [2.24, 2.45) is 5.10 Å². The smallest absolute Gasteiger partial charge is 0.243 e. The first-order chi connectivity index (χ1) is 12.0. The molecule has 1 atom stereocenters. The third-order valence-corrected chi connectivity index (χ3v) is 3.97. The Morgan fingerprint density at radius 1 is 1.12 bits per heavy atom. The van der Waals surface area contributed by atoms with Gasteiger partial charge in [-0.15, -0.1) is 5.10 Å². The van der Waals surface area contributed by atoms with Crippen LogP contribution in [0.5, 0.6) is 11.5 Å². The van der Waals surface area contributed by atoms with Crippen molar-refractivity contribution in [3.8, 4) is 11.5 Å². The molecule has 1 aliphatic rings. The van der Waals surface area contributed by atoms with Gasteiger partial charge in [0.2, 0.25) is 18.0 Å². The second kappa shape index (κ2) is 6.84. The highest BCUT2D eigenvalue weighted by Crippen LogP contribution is 2.37. The molecule has 0 fully saturated rings. The van der Waals surface area contributed by atoms with Crippen LogP contribution in [0.3, 0.4) is 0 Å². The summed E-state index contributed by atoms with van der Waals surface area (Å²) < 4.78 is 16.7. The summed E-state index contributed by atoms with van der Waals surface area (Å²) in [5.41, 5.74) is 2.61. The van der Waals surface area contributed by atoms with Gasteiger partial charge in [0.05, 0.1) is 19.8 Å². The molecule has 1 unspecified atom stereocenters. The van der Waals surface area contributed by atoms with Crippen LogP contribution in [0, 0.1) is 6.92 Å². The Kier molecular flexibility index (Phi) is 4.61. The maximum Gasteiger partial charge on any atom is 0.243 e. The van der Waals surface area contributed by atoms with E-state index >= 15 is 0 Å². The van der Waals surface area contributed by atoms with E-state index in [0.717, 1.165) is 11.1 Å². The molecular weight excluding hydrogens is 320 g/mol. The van der Waals surface area contributed by atoms with Crippen molar-refractivity contribution in [3.63, 3.8) is 0 Å². The van der Waals surface area contributed by atoms with Crippen LogP contribution in [0.1, 0.15) is 29.8 Å². The van der Waals surface area contributed by atoms with Gasteiger partial charge in [-0.1, -0.05) is 17.7 Å². The number of amides is 1. The van der Waals surface area contributed by atoms with Crippen LogP contribution in [0.2, 0.25) is 0 Å². The first kappa shape index (κ1) is 16.8. The molecule has 6 heteroatoms. The van der Waals surface area contributed by atoms with Gasteiger partial charge in [0.25, 0.3) is 0 Å². The molecule has 0 saturated heterocycles. The van der Waals surface area contributed by atoms with E-state index in [0.29, 0.717) is 23.0 Å². The number of hydrazone groups is 1. The van der Waals surface area contributed by atoms with Gasteiger partial charge < -0.3 is 14.2 Å². The minimum Gasteiger partial charge on any atom is -0.497 e. The lowest BCUT2D eigenvalue weighted by Gasteiger charge is -2.21. The highest BCUT2D eigenvalue weighted by Gasteiger charge is 2.35. The third kappa shape index (κ3) is 3.28. The van der Waals surface area contributed by atoms with Crippen molar-refractivity contribution in [2.45, 2.75) is 20.1 Å². The maximum atomic E-state index is 12.1. The fourth-order valence-corrected chi connectivity index (χ4v) is 2.61. The number of nitrogens with zero attached hydrogens (tertiary/aromatic N) is 2. The molecule has 2 aromatic rings. The number of aryl methyl sites for hydroxylation is 1. The van der Waals surface area contributed by atoms with E-state index in [1.54, 1.807) is 32.4 Å². The second-order valence-electron chi connectivity index (χ2n) is 5.71. The van der Waals surface area contributed by atoms with Gasteiger partial charge in [-0.2, -0.15) is 5.01 Å². The number of methoxy groups -OCH3 is 2. The highest BCUT2D eigenvalue weighted by atomic mass is 16.5. The van der Waals surface area contributed by atoms with Gasteiger partial charge >= 0.3 is 0 Å². The second-order valence-corrected chi connectivity index (χ2v) is 5.71. The molecular formula is C19H20N2O4.